The van der Waals surface area contributed by atoms with Gasteiger partial charge in [0.2, 0.25) is 0 Å². The van der Waals surface area contributed by atoms with Gasteiger partial charge in [0.25, 0.3) is 11.8 Å². The van der Waals surface area contributed by atoms with Crippen molar-refractivity contribution in [3.05, 3.63) is 108 Å². The average Bonchev–Trinajstić information content (AvgIpc) is 3.40. The van der Waals surface area contributed by atoms with E-state index in [1.807, 2.05) is 18.2 Å². The number of rotatable bonds is 11. The predicted molar refractivity (Wildman–Crippen MR) is 135 cm³/mol. The van der Waals surface area contributed by atoms with Crippen LogP contribution in [0.25, 0.3) is 0 Å². The lowest BCUT2D eigenvalue weighted by Gasteiger charge is -2.10. The van der Waals surface area contributed by atoms with Gasteiger partial charge in [0.05, 0.1) is 12.7 Å². The molecule has 2 amide bonds. The van der Waals surface area contributed by atoms with Crippen LogP contribution < -0.4 is 20.1 Å². The third-order valence-corrected chi connectivity index (χ3v) is 5.41. The zero-order valence-electron chi connectivity index (χ0n) is 19.9. The lowest BCUT2D eigenvalue weighted by atomic mass is 10.1. The van der Waals surface area contributed by atoms with E-state index in [2.05, 4.69) is 27.9 Å². The highest BCUT2D eigenvalue weighted by Crippen LogP contribution is 2.21. The molecule has 184 valence electrons. The number of aryl methyl sites for hydroxylation is 1. The summed E-state index contributed by atoms with van der Waals surface area (Å²) in [7, 11) is 1.52. The summed E-state index contributed by atoms with van der Waals surface area (Å²) >= 11 is 0. The van der Waals surface area contributed by atoms with Crippen LogP contribution in [-0.4, -0.2) is 30.6 Å². The molecule has 4 aromatic rings. The van der Waals surface area contributed by atoms with E-state index in [0.717, 1.165) is 12.8 Å². The van der Waals surface area contributed by atoms with Crippen LogP contribution in [0.2, 0.25) is 0 Å². The third-order valence-electron chi connectivity index (χ3n) is 5.41. The number of nitrogens with zero attached hydrogens (tertiary/aromatic N) is 1. The molecule has 0 radical (unpaired) electrons. The topological polar surface area (TPSA) is 103 Å². The van der Waals surface area contributed by atoms with Crippen molar-refractivity contribution < 1.29 is 23.6 Å². The maximum absolute atomic E-state index is 12.5. The number of hydrogen-bond acceptors (Lipinski definition) is 6. The van der Waals surface area contributed by atoms with Gasteiger partial charge in [0, 0.05) is 18.3 Å². The van der Waals surface area contributed by atoms with E-state index in [-0.39, 0.29) is 24.1 Å². The first kappa shape index (κ1) is 24.5. The van der Waals surface area contributed by atoms with Crippen molar-refractivity contribution in [1.29, 1.82) is 0 Å². The molecule has 2 N–H and O–H groups in total. The highest BCUT2D eigenvalue weighted by atomic mass is 16.5. The molecule has 1 aromatic heterocycles. The molecule has 0 unspecified atom stereocenters. The lowest BCUT2D eigenvalue weighted by Crippen LogP contribution is -2.25. The van der Waals surface area contributed by atoms with Gasteiger partial charge in [-0.05, 0) is 54.8 Å². The molecule has 0 saturated heterocycles. The number of benzene rings is 3. The Morgan fingerprint density at radius 1 is 0.917 bits per heavy atom. The highest BCUT2D eigenvalue weighted by Gasteiger charge is 2.13. The number of hydrogen-bond donors (Lipinski definition) is 2. The minimum Gasteiger partial charge on any atom is -0.496 e. The first-order chi connectivity index (χ1) is 17.6. The summed E-state index contributed by atoms with van der Waals surface area (Å²) < 4.78 is 16.2. The molecule has 8 nitrogen and oxygen atoms in total. The van der Waals surface area contributed by atoms with E-state index in [1.54, 1.807) is 54.6 Å². The molecular formula is C28H27N3O5. The van der Waals surface area contributed by atoms with Gasteiger partial charge < -0.3 is 24.6 Å². The maximum atomic E-state index is 12.5. The van der Waals surface area contributed by atoms with Crippen LogP contribution in [0.15, 0.2) is 89.5 Å². The van der Waals surface area contributed by atoms with Gasteiger partial charge in [-0.25, -0.2) is 0 Å². The fraction of sp³-hybridized carbons (Fsp3) is 0.179. The first-order valence-electron chi connectivity index (χ1n) is 11.6. The summed E-state index contributed by atoms with van der Waals surface area (Å²) in [5.74, 6) is 0.954. The van der Waals surface area contributed by atoms with Crippen molar-refractivity contribution in [3.8, 4) is 11.5 Å². The normalized spacial score (nSPS) is 10.5. The van der Waals surface area contributed by atoms with Crippen molar-refractivity contribution in [1.82, 2.24) is 10.5 Å². The second kappa shape index (κ2) is 12.2. The van der Waals surface area contributed by atoms with Gasteiger partial charge in [-0.2, -0.15) is 0 Å². The predicted octanol–water partition coefficient (Wildman–Crippen LogP) is 4.88. The molecule has 8 heteroatoms. The summed E-state index contributed by atoms with van der Waals surface area (Å²) in [6.07, 6.45) is 1.72. The van der Waals surface area contributed by atoms with Crippen LogP contribution in [0.5, 0.6) is 11.5 Å². The molecule has 0 aliphatic rings. The van der Waals surface area contributed by atoms with Gasteiger partial charge >= 0.3 is 0 Å². The third kappa shape index (κ3) is 6.73. The van der Waals surface area contributed by atoms with E-state index in [1.165, 1.54) is 12.7 Å². The van der Waals surface area contributed by atoms with Crippen molar-refractivity contribution in [2.24, 2.45) is 0 Å². The summed E-state index contributed by atoms with van der Waals surface area (Å²) in [6, 6.07) is 25.6. The molecule has 0 aliphatic carbocycles. The van der Waals surface area contributed by atoms with Gasteiger partial charge in [-0.1, -0.05) is 47.6 Å². The molecule has 1 heterocycles. The second-order valence-corrected chi connectivity index (χ2v) is 7.99. The Balaban J connectivity index is 1.22. The van der Waals surface area contributed by atoms with Crippen LogP contribution in [0, 0.1) is 0 Å². The van der Waals surface area contributed by atoms with Gasteiger partial charge in [-0.15, -0.1) is 0 Å². The standard InChI is InChI=1S/C28H27N3O5/c1-34-26-12-6-5-11-24(26)27(32)30-21-13-15-22(16-14-21)35-19-23-18-25(31-36-23)28(33)29-17-7-10-20-8-3-2-4-9-20/h2-6,8-9,11-16,18H,7,10,17,19H2,1H3,(H,29,33)(H,30,32). The number of ether oxygens (including phenoxy) is 2. The quantitative estimate of drug-likeness (QED) is 0.294. The number of carbonyl (C=O) groups excluding carboxylic acids is 2. The molecule has 0 aliphatic heterocycles. The number of methoxy groups -OCH3 is 1. The van der Waals surface area contributed by atoms with E-state index in [9.17, 15) is 9.59 Å². The number of carbonyl (C=O) groups is 2. The fourth-order valence-corrected chi connectivity index (χ4v) is 3.54. The Kier molecular flexibility index (Phi) is 8.32. The fourth-order valence-electron chi connectivity index (χ4n) is 3.54. The number of amides is 2. The molecule has 0 spiro atoms. The lowest BCUT2D eigenvalue weighted by molar-refractivity contribution is 0.0943. The van der Waals surface area contributed by atoms with Crippen molar-refractivity contribution in [2.45, 2.75) is 19.4 Å². The highest BCUT2D eigenvalue weighted by molar-refractivity contribution is 6.06. The summed E-state index contributed by atoms with van der Waals surface area (Å²) in [6.45, 7) is 0.660. The smallest absolute Gasteiger partial charge is 0.273 e. The SMILES string of the molecule is COc1ccccc1C(=O)Nc1ccc(OCc2cc(C(=O)NCCCc3ccccc3)no2)cc1. The van der Waals surface area contributed by atoms with Crippen molar-refractivity contribution in [3.63, 3.8) is 0 Å². The van der Waals surface area contributed by atoms with Crippen LogP contribution in [0.1, 0.15) is 38.6 Å². The van der Waals surface area contributed by atoms with E-state index in [0.29, 0.717) is 35.1 Å². The summed E-state index contributed by atoms with van der Waals surface area (Å²) in [5, 5.41) is 9.52. The Hall–Kier alpha value is -4.59. The summed E-state index contributed by atoms with van der Waals surface area (Å²) in [5.41, 5.74) is 2.51. The molecule has 36 heavy (non-hydrogen) atoms. The molecule has 0 atom stereocenters. The van der Waals surface area contributed by atoms with Gasteiger partial charge in [0.15, 0.2) is 11.5 Å². The molecule has 0 saturated carbocycles. The number of anilines is 1. The molecule has 0 fully saturated rings. The Labute approximate surface area is 209 Å². The first-order valence-corrected chi connectivity index (χ1v) is 11.6. The van der Waals surface area contributed by atoms with Crippen LogP contribution in [0.3, 0.4) is 0 Å². The van der Waals surface area contributed by atoms with E-state index in [4.69, 9.17) is 14.0 Å². The molecule has 4 rings (SSSR count). The molecule has 0 bridgehead atoms. The zero-order chi connectivity index (χ0) is 25.2. The monoisotopic (exact) mass is 485 g/mol. The van der Waals surface area contributed by atoms with E-state index >= 15 is 0 Å². The summed E-state index contributed by atoms with van der Waals surface area (Å²) in [4.78, 5) is 24.8. The van der Waals surface area contributed by atoms with Crippen LogP contribution >= 0.6 is 0 Å². The maximum Gasteiger partial charge on any atom is 0.273 e. The van der Waals surface area contributed by atoms with Crippen molar-refractivity contribution in [2.75, 3.05) is 19.0 Å². The largest absolute Gasteiger partial charge is 0.496 e. The minimum atomic E-state index is -0.284. The number of nitrogens with one attached hydrogen (secondary N) is 2. The second-order valence-electron chi connectivity index (χ2n) is 7.99. The molecular weight excluding hydrogens is 458 g/mol. The Morgan fingerprint density at radius 2 is 1.67 bits per heavy atom. The average molecular weight is 486 g/mol. The van der Waals surface area contributed by atoms with Gasteiger partial charge in [0.1, 0.15) is 18.1 Å². The Morgan fingerprint density at radius 3 is 2.44 bits per heavy atom. The Bertz CT molecular complexity index is 1290. The van der Waals surface area contributed by atoms with Gasteiger partial charge in [-0.3, -0.25) is 9.59 Å². The number of para-hydroxylation sites is 1. The zero-order valence-corrected chi connectivity index (χ0v) is 19.9. The van der Waals surface area contributed by atoms with Crippen LogP contribution in [-0.2, 0) is 13.0 Å². The van der Waals surface area contributed by atoms with E-state index < -0.39 is 0 Å². The van der Waals surface area contributed by atoms with Crippen molar-refractivity contribution >= 4 is 17.5 Å². The van der Waals surface area contributed by atoms with Crippen LogP contribution in [0.4, 0.5) is 5.69 Å². The minimum absolute atomic E-state index is 0.112. The molecule has 3 aromatic carbocycles. The number of aromatic nitrogens is 1.